The van der Waals surface area contributed by atoms with E-state index in [0.29, 0.717) is 34.4 Å². The molecule has 0 radical (unpaired) electrons. The maximum Gasteiger partial charge on any atom is 0.337 e. The number of para-hydroxylation sites is 1. The molecule has 1 amide bonds. The zero-order chi connectivity index (χ0) is 18.5. The van der Waals surface area contributed by atoms with E-state index in [1.807, 2.05) is 6.07 Å². The minimum atomic E-state index is -0.436. The van der Waals surface area contributed by atoms with Gasteiger partial charge in [0.15, 0.2) is 0 Å². The molecule has 7 heteroatoms. The average molecular weight is 351 g/mol. The van der Waals surface area contributed by atoms with Crippen molar-refractivity contribution < 1.29 is 14.3 Å². The van der Waals surface area contributed by atoms with Gasteiger partial charge < -0.3 is 15.0 Å². The van der Waals surface area contributed by atoms with E-state index < -0.39 is 5.97 Å². The van der Waals surface area contributed by atoms with Gasteiger partial charge in [0, 0.05) is 18.5 Å². The third-order valence-electron chi connectivity index (χ3n) is 3.84. The molecule has 0 aliphatic heterocycles. The fraction of sp³-hybridized carbons (Fsp3) is 0.158. The summed E-state index contributed by atoms with van der Waals surface area (Å²) in [6, 6.07) is 13.4. The summed E-state index contributed by atoms with van der Waals surface area (Å²) < 4.78 is 4.62. The Morgan fingerprint density at radius 2 is 1.85 bits per heavy atom. The number of hydrogen-bond acceptors (Lipinski definition) is 5. The van der Waals surface area contributed by atoms with Crippen molar-refractivity contribution in [2.24, 2.45) is 0 Å². The molecule has 7 nitrogen and oxygen atoms in total. The number of methoxy groups -OCH3 is 1. The highest BCUT2D eigenvalue weighted by atomic mass is 16.5. The van der Waals surface area contributed by atoms with Crippen LogP contribution < -0.4 is 10.9 Å². The van der Waals surface area contributed by atoms with Crippen molar-refractivity contribution >= 4 is 28.5 Å². The number of hydrogen-bond donors (Lipinski definition) is 2. The van der Waals surface area contributed by atoms with Gasteiger partial charge in [0.25, 0.3) is 5.56 Å². The van der Waals surface area contributed by atoms with Crippen LogP contribution in [0.3, 0.4) is 0 Å². The number of fused-ring (bicyclic) bond motifs is 1. The number of rotatable bonds is 5. The second-order valence-electron chi connectivity index (χ2n) is 5.65. The topological polar surface area (TPSA) is 101 Å². The largest absolute Gasteiger partial charge is 0.465 e. The predicted octanol–water partition coefficient (Wildman–Crippen LogP) is 2.28. The number of aromatic amines is 1. The van der Waals surface area contributed by atoms with E-state index in [0.717, 1.165) is 0 Å². The predicted molar refractivity (Wildman–Crippen MR) is 97.1 cm³/mol. The van der Waals surface area contributed by atoms with Gasteiger partial charge in [0.05, 0.1) is 23.6 Å². The van der Waals surface area contributed by atoms with Crippen LogP contribution in [0.15, 0.2) is 53.3 Å². The quantitative estimate of drug-likeness (QED) is 0.687. The maximum absolute atomic E-state index is 12.1. The highest BCUT2D eigenvalue weighted by Gasteiger charge is 2.08. The lowest BCUT2D eigenvalue weighted by Crippen LogP contribution is -2.16. The first-order valence-corrected chi connectivity index (χ1v) is 8.03. The van der Waals surface area contributed by atoms with Crippen LogP contribution in [0.1, 0.15) is 22.6 Å². The molecule has 0 spiro atoms. The Bertz CT molecular complexity index is 1010. The molecule has 0 fully saturated rings. The summed E-state index contributed by atoms with van der Waals surface area (Å²) in [4.78, 5) is 42.5. The van der Waals surface area contributed by atoms with Gasteiger partial charge in [-0.3, -0.25) is 9.59 Å². The molecule has 0 aliphatic rings. The van der Waals surface area contributed by atoms with Crippen molar-refractivity contribution in [1.29, 1.82) is 0 Å². The van der Waals surface area contributed by atoms with E-state index in [2.05, 4.69) is 20.0 Å². The van der Waals surface area contributed by atoms with E-state index in [-0.39, 0.29) is 17.9 Å². The SMILES string of the molecule is COC(=O)c1ccc(NC(=O)CCc2nc3ccccc3c(=O)[nH]2)cc1. The molecule has 3 rings (SSSR count). The number of esters is 1. The maximum atomic E-state index is 12.1. The summed E-state index contributed by atoms with van der Waals surface area (Å²) >= 11 is 0. The number of benzene rings is 2. The zero-order valence-corrected chi connectivity index (χ0v) is 14.1. The van der Waals surface area contributed by atoms with Crippen LogP contribution in [-0.4, -0.2) is 29.0 Å². The molecule has 0 saturated carbocycles. The second-order valence-corrected chi connectivity index (χ2v) is 5.65. The zero-order valence-electron chi connectivity index (χ0n) is 14.1. The standard InChI is InChI=1S/C19H17N3O4/c1-26-19(25)12-6-8-13(9-7-12)20-17(23)11-10-16-21-15-5-3-2-4-14(15)18(24)22-16/h2-9H,10-11H2,1H3,(H,20,23)(H,21,22,24). The molecule has 26 heavy (non-hydrogen) atoms. The van der Waals surface area contributed by atoms with Crippen molar-refractivity contribution in [1.82, 2.24) is 9.97 Å². The summed E-state index contributed by atoms with van der Waals surface area (Å²) in [5, 5.41) is 3.26. The first-order valence-electron chi connectivity index (χ1n) is 8.03. The van der Waals surface area contributed by atoms with E-state index in [9.17, 15) is 14.4 Å². The Kier molecular flexibility index (Phi) is 5.07. The fourth-order valence-electron chi connectivity index (χ4n) is 2.52. The molecular weight excluding hydrogens is 334 g/mol. The van der Waals surface area contributed by atoms with Crippen LogP contribution in [-0.2, 0) is 16.0 Å². The van der Waals surface area contributed by atoms with Gasteiger partial charge in [-0.15, -0.1) is 0 Å². The van der Waals surface area contributed by atoms with E-state index in [4.69, 9.17) is 0 Å². The highest BCUT2D eigenvalue weighted by Crippen LogP contribution is 2.11. The van der Waals surface area contributed by atoms with E-state index in [1.165, 1.54) is 7.11 Å². The first kappa shape index (κ1) is 17.3. The van der Waals surface area contributed by atoms with Gasteiger partial charge in [-0.25, -0.2) is 9.78 Å². The first-order chi connectivity index (χ1) is 12.6. The Morgan fingerprint density at radius 1 is 1.12 bits per heavy atom. The van der Waals surface area contributed by atoms with Crippen LogP contribution in [0, 0.1) is 0 Å². The van der Waals surface area contributed by atoms with Crippen molar-refractivity contribution in [3.8, 4) is 0 Å². The van der Waals surface area contributed by atoms with Crippen LogP contribution in [0.5, 0.6) is 0 Å². The Morgan fingerprint density at radius 3 is 2.58 bits per heavy atom. The van der Waals surface area contributed by atoms with Crippen LogP contribution >= 0.6 is 0 Å². The molecular formula is C19H17N3O4. The molecule has 2 aromatic carbocycles. The van der Waals surface area contributed by atoms with Crippen LogP contribution in [0.2, 0.25) is 0 Å². The highest BCUT2D eigenvalue weighted by molar-refractivity contribution is 5.93. The Hall–Kier alpha value is -3.48. The van der Waals surface area contributed by atoms with Gasteiger partial charge in [-0.05, 0) is 36.4 Å². The molecule has 132 valence electrons. The molecule has 0 atom stereocenters. The lowest BCUT2D eigenvalue weighted by molar-refractivity contribution is -0.116. The summed E-state index contributed by atoms with van der Waals surface area (Å²) in [5.41, 5.74) is 1.36. The number of nitrogens with one attached hydrogen (secondary N) is 2. The molecule has 3 aromatic rings. The normalized spacial score (nSPS) is 10.5. The molecule has 1 aromatic heterocycles. The summed E-state index contributed by atoms with van der Waals surface area (Å²) in [6.07, 6.45) is 0.478. The Labute approximate surface area is 149 Å². The molecule has 0 saturated heterocycles. The molecule has 0 unspecified atom stereocenters. The minimum absolute atomic E-state index is 0.167. The van der Waals surface area contributed by atoms with Crippen molar-refractivity contribution in [2.75, 3.05) is 12.4 Å². The molecule has 1 heterocycles. The number of amides is 1. The fourth-order valence-corrected chi connectivity index (χ4v) is 2.52. The van der Waals surface area contributed by atoms with Gasteiger partial charge in [0.2, 0.25) is 5.91 Å². The van der Waals surface area contributed by atoms with Crippen molar-refractivity contribution in [3.05, 3.63) is 70.3 Å². The lowest BCUT2D eigenvalue weighted by Gasteiger charge is -2.06. The van der Waals surface area contributed by atoms with E-state index >= 15 is 0 Å². The minimum Gasteiger partial charge on any atom is -0.465 e. The number of H-pyrrole nitrogens is 1. The summed E-state index contributed by atoms with van der Waals surface area (Å²) in [6.45, 7) is 0. The average Bonchev–Trinajstić information content (AvgIpc) is 2.66. The number of anilines is 1. The number of carbonyl (C=O) groups excluding carboxylic acids is 2. The van der Waals surface area contributed by atoms with Crippen LogP contribution in [0.25, 0.3) is 10.9 Å². The van der Waals surface area contributed by atoms with Gasteiger partial charge >= 0.3 is 5.97 Å². The summed E-state index contributed by atoms with van der Waals surface area (Å²) in [5.74, 6) is -0.189. The van der Waals surface area contributed by atoms with Crippen molar-refractivity contribution in [3.63, 3.8) is 0 Å². The van der Waals surface area contributed by atoms with Gasteiger partial charge in [-0.2, -0.15) is 0 Å². The number of nitrogens with zero attached hydrogens (tertiary/aromatic N) is 1. The summed E-state index contributed by atoms with van der Waals surface area (Å²) in [7, 11) is 1.31. The smallest absolute Gasteiger partial charge is 0.337 e. The lowest BCUT2D eigenvalue weighted by atomic mass is 10.2. The Balaban J connectivity index is 1.62. The number of aryl methyl sites for hydroxylation is 1. The second kappa shape index (κ2) is 7.60. The number of carbonyl (C=O) groups is 2. The third-order valence-corrected chi connectivity index (χ3v) is 3.84. The van der Waals surface area contributed by atoms with Gasteiger partial charge in [-0.1, -0.05) is 12.1 Å². The monoisotopic (exact) mass is 351 g/mol. The van der Waals surface area contributed by atoms with Crippen molar-refractivity contribution in [2.45, 2.75) is 12.8 Å². The van der Waals surface area contributed by atoms with E-state index in [1.54, 1.807) is 42.5 Å². The number of aromatic nitrogens is 2. The third kappa shape index (κ3) is 3.94. The van der Waals surface area contributed by atoms with Crippen LogP contribution in [0.4, 0.5) is 5.69 Å². The molecule has 0 bridgehead atoms. The molecule has 0 aliphatic carbocycles. The number of ether oxygens (including phenoxy) is 1. The van der Waals surface area contributed by atoms with Gasteiger partial charge in [0.1, 0.15) is 5.82 Å². The molecule has 2 N–H and O–H groups in total.